The number of benzene rings is 1. The number of amides is 2. The van der Waals surface area contributed by atoms with Gasteiger partial charge in [-0.25, -0.2) is 18.6 Å². The molecule has 8 nitrogen and oxygen atoms in total. The van der Waals surface area contributed by atoms with Gasteiger partial charge >= 0.3 is 6.09 Å². The van der Waals surface area contributed by atoms with Crippen LogP contribution in [0.5, 0.6) is 0 Å². The third kappa shape index (κ3) is 4.08. The van der Waals surface area contributed by atoms with Gasteiger partial charge in [0.2, 0.25) is 0 Å². The van der Waals surface area contributed by atoms with Crippen LogP contribution in [0.3, 0.4) is 0 Å². The average molecular weight is 493 g/mol. The van der Waals surface area contributed by atoms with Crippen LogP contribution in [-0.2, 0) is 0 Å². The zero-order valence-corrected chi connectivity index (χ0v) is 20.3. The van der Waals surface area contributed by atoms with Gasteiger partial charge < -0.3 is 19.7 Å². The van der Waals surface area contributed by atoms with Gasteiger partial charge in [0, 0.05) is 44.4 Å². The second-order valence-corrected chi connectivity index (χ2v) is 10.7. The Morgan fingerprint density at radius 1 is 1.21 bits per heavy atom. The summed E-state index contributed by atoms with van der Waals surface area (Å²) in [6, 6.07) is 3.82. The number of nitrogens with one attached hydrogen (secondary N) is 1. The van der Waals surface area contributed by atoms with Gasteiger partial charge in [0.05, 0.1) is 10.5 Å². The van der Waals surface area contributed by atoms with Crippen molar-refractivity contribution in [3.05, 3.63) is 40.6 Å². The molecule has 2 aromatic heterocycles. The molecule has 34 heavy (non-hydrogen) atoms. The Kier molecular flexibility index (Phi) is 5.79. The van der Waals surface area contributed by atoms with Crippen LogP contribution in [0.25, 0.3) is 11.1 Å². The number of thiophene rings is 1. The molecule has 1 atom stereocenters. The van der Waals surface area contributed by atoms with E-state index >= 15 is 0 Å². The first kappa shape index (κ1) is 23.9. The van der Waals surface area contributed by atoms with Crippen LogP contribution >= 0.6 is 11.3 Å². The van der Waals surface area contributed by atoms with Crippen molar-refractivity contribution < 1.29 is 27.9 Å². The van der Waals surface area contributed by atoms with E-state index in [0.29, 0.717) is 18.1 Å². The van der Waals surface area contributed by atoms with Crippen molar-refractivity contribution >= 4 is 45.1 Å². The number of carbonyl (C=O) groups is 2. The number of aromatic nitrogens is 1. The summed E-state index contributed by atoms with van der Waals surface area (Å²) in [4.78, 5) is 31.8. The monoisotopic (exact) mass is 492 g/mol. The SMILES string of the molecule is Cc1nc2c(F)cc(NC(=O)c3sc(N4CCN(C(=O)O)C(C)(C(C)(C)C)C4)cc3F)cc2o1. The summed E-state index contributed by atoms with van der Waals surface area (Å²) in [7, 11) is 0. The third-order valence-corrected chi connectivity index (χ3v) is 7.71. The van der Waals surface area contributed by atoms with E-state index in [0.717, 1.165) is 17.4 Å². The Morgan fingerprint density at radius 2 is 1.91 bits per heavy atom. The van der Waals surface area contributed by atoms with E-state index in [-0.39, 0.29) is 39.5 Å². The minimum absolute atomic E-state index is 0.0579. The predicted molar refractivity (Wildman–Crippen MR) is 126 cm³/mol. The Balaban J connectivity index is 1.58. The number of rotatable bonds is 3. The molecule has 3 heterocycles. The van der Waals surface area contributed by atoms with Crippen molar-refractivity contribution in [2.24, 2.45) is 5.41 Å². The van der Waals surface area contributed by atoms with Crippen molar-refractivity contribution in [2.45, 2.75) is 40.2 Å². The van der Waals surface area contributed by atoms with Crippen LogP contribution in [0.15, 0.2) is 22.6 Å². The first-order chi connectivity index (χ1) is 15.8. The quantitative estimate of drug-likeness (QED) is 0.513. The van der Waals surface area contributed by atoms with Crippen molar-refractivity contribution in [1.82, 2.24) is 9.88 Å². The summed E-state index contributed by atoms with van der Waals surface area (Å²) in [5.74, 6) is -1.79. The number of halogens is 2. The average Bonchev–Trinajstić information content (AvgIpc) is 3.29. The maximum absolute atomic E-state index is 14.8. The smallest absolute Gasteiger partial charge is 0.407 e. The van der Waals surface area contributed by atoms with Crippen LogP contribution in [0.2, 0.25) is 0 Å². The van der Waals surface area contributed by atoms with Crippen molar-refractivity contribution in [3.63, 3.8) is 0 Å². The molecular formula is C23H26F2N4O4S. The summed E-state index contributed by atoms with van der Waals surface area (Å²) in [6.07, 6.45) is -0.999. The molecule has 1 saturated heterocycles. The Labute approximate surface area is 199 Å². The Hall–Kier alpha value is -3.21. The first-order valence-electron chi connectivity index (χ1n) is 10.7. The molecule has 1 aliphatic rings. The maximum Gasteiger partial charge on any atom is 0.407 e. The lowest BCUT2D eigenvalue weighted by molar-refractivity contribution is 0.00760. The van der Waals surface area contributed by atoms with E-state index < -0.39 is 29.2 Å². The summed E-state index contributed by atoms with van der Waals surface area (Å²) in [5.41, 5.74) is -0.763. The van der Waals surface area contributed by atoms with Crippen molar-refractivity contribution in [3.8, 4) is 0 Å². The molecule has 4 rings (SSSR count). The number of nitrogens with zero attached hydrogens (tertiary/aromatic N) is 3. The summed E-state index contributed by atoms with van der Waals surface area (Å²) < 4.78 is 34.4. The molecule has 0 spiro atoms. The van der Waals surface area contributed by atoms with Gasteiger partial charge in [-0.05, 0) is 18.4 Å². The molecule has 0 aliphatic carbocycles. The van der Waals surface area contributed by atoms with Crippen molar-refractivity contribution in [2.75, 3.05) is 29.9 Å². The molecule has 1 fully saturated rings. The number of hydrogen-bond donors (Lipinski definition) is 2. The van der Waals surface area contributed by atoms with Gasteiger partial charge in [-0.2, -0.15) is 0 Å². The lowest BCUT2D eigenvalue weighted by Gasteiger charge is -2.54. The molecule has 0 saturated carbocycles. The number of carbonyl (C=O) groups excluding carboxylic acids is 1. The van der Waals surface area contributed by atoms with Crippen molar-refractivity contribution in [1.29, 1.82) is 0 Å². The third-order valence-electron chi connectivity index (χ3n) is 6.54. The van der Waals surface area contributed by atoms with Crippen LogP contribution in [0.4, 0.5) is 24.3 Å². The first-order valence-corrected chi connectivity index (χ1v) is 11.5. The Morgan fingerprint density at radius 3 is 2.56 bits per heavy atom. The highest BCUT2D eigenvalue weighted by molar-refractivity contribution is 7.18. The zero-order valence-electron chi connectivity index (χ0n) is 19.5. The molecule has 2 amide bonds. The largest absolute Gasteiger partial charge is 0.465 e. The van der Waals surface area contributed by atoms with E-state index in [1.165, 1.54) is 17.0 Å². The second-order valence-electron chi connectivity index (χ2n) is 9.63. The van der Waals surface area contributed by atoms with E-state index in [2.05, 4.69) is 10.3 Å². The minimum atomic E-state index is -0.999. The molecule has 11 heteroatoms. The molecular weight excluding hydrogens is 466 g/mol. The molecule has 1 unspecified atom stereocenters. The highest BCUT2D eigenvalue weighted by Gasteiger charge is 2.49. The van der Waals surface area contributed by atoms with Gasteiger partial charge in [0.25, 0.3) is 5.91 Å². The Bertz CT molecular complexity index is 1280. The topological polar surface area (TPSA) is 98.9 Å². The number of fused-ring (bicyclic) bond motifs is 1. The second kappa shape index (κ2) is 8.23. The van der Waals surface area contributed by atoms with Gasteiger partial charge in [-0.1, -0.05) is 20.8 Å². The summed E-state index contributed by atoms with van der Waals surface area (Å²) in [5, 5.41) is 12.7. The normalized spacial score (nSPS) is 19.0. The fourth-order valence-electron chi connectivity index (χ4n) is 4.17. The molecule has 0 bridgehead atoms. The standard InChI is InChI=1S/C23H26F2N4O4S/c1-12-26-18-14(24)8-13(9-16(18)33-12)27-20(30)19-15(25)10-17(34-19)28-6-7-29(21(31)32)23(5,11-28)22(2,3)4/h8-10H,6-7,11H2,1-5H3,(H,27,30)(H,31,32). The number of oxazole rings is 1. The van der Waals surface area contributed by atoms with Gasteiger partial charge in [0.15, 0.2) is 17.3 Å². The lowest BCUT2D eigenvalue weighted by atomic mass is 9.72. The van der Waals surface area contributed by atoms with Crippen LogP contribution in [0, 0.1) is 24.0 Å². The summed E-state index contributed by atoms with van der Waals surface area (Å²) in [6.45, 7) is 10.3. The van der Waals surface area contributed by atoms with Crippen LogP contribution in [-0.4, -0.2) is 52.2 Å². The van der Waals surface area contributed by atoms with Crippen LogP contribution in [0.1, 0.15) is 43.3 Å². The molecule has 2 N–H and O–H groups in total. The number of hydrogen-bond acceptors (Lipinski definition) is 6. The van der Waals surface area contributed by atoms with Gasteiger partial charge in [0.1, 0.15) is 16.2 Å². The molecule has 1 aromatic carbocycles. The molecule has 1 aliphatic heterocycles. The molecule has 182 valence electrons. The molecule has 3 aromatic rings. The highest BCUT2D eigenvalue weighted by atomic mass is 32.1. The minimum Gasteiger partial charge on any atom is -0.465 e. The maximum atomic E-state index is 14.8. The van der Waals surface area contributed by atoms with E-state index in [1.807, 2.05) is 32.6 Å². The number of aryl methyl sites for hydroxylation is 1. The van der Waals surface area contributed by atoms with Crippen LogP contribution < -0.4 is 10.2 Å². The zero-order chi connectivity index (χ0) is 25.0. The summed E-state index contributed by atoms with van der Waals surface area (Å²) >= 11 is 0.970. The van der Waals surface area contributed by atoms with E-state index in [1.54, 1.807) is 6.92 Å². The number of anilines is 2. The van der Waals surface area contributed by atoms with E-state index in [4.69, 9.17) is 4.42 Å². The fraction of sp³-hybridized carbons (Fsp3) is 0.435. The number of piperazine rings is 1. The lowest BCUT2D eigenvalue weighted by Crippen LogP contribution is -2.67. The fourth-order valence-corrected chi connectivity index (χ4v) is 5.12. The molecule has 0 radical (unpaired) electrons. The van der Waals surface area contributed by atoms with Gasteiger partial charge in [-0.15, -0.1) is 11.3 Å². The van der Waals surface area contributed by atoms with Gasteiger partial charge in [-0.3, -0.25) is 9.69 Å². The van der Waals surface area contributed by atoms with E-state index in [9.17, 15) is 23.5 Å². The number of carboxylic acid groups (broad SMARTS) is 1. The predicted octanol–water partition coefficient (Wildman–Crippen LogP) is 5.33. The highest BCUT2D eigenvalue weighted by Crippen LogP contribution is 2.41.